The van der Waals surface area contributed by atoms with Crippen LogP contribution in [0.3, 0.4) is 0 Å². The maximum atomic E-state index is 5.27. The van der Waals surface area contributed by atoms with Crippen LogP contribution in [0, 0.1) is 0 Å². The normalized spacial score (nSPS) is 13.0. The Bertz CT molecular complexity index is 2740. The number of aromatic nitrogens is 2. The summed E-state index contributed by atoms with van der Waals surface area (Å²) >= 11 is 1.85. The zero-order valence-electron chi connectivity index (χ0n) is 29.0. The summed E-state index contributed by atoms with van der Waals surface area (Å²) < 4.78 is 2.52. The van der Waals surface area contributed by atoms with E-state index in [4.69, 9.17) is 9.97 Å². The van der Waals surface area contributed by atoms with Crippen LogP contribution in [0.2, 0.25) is 0 Å². The van der Waals surface area contributed by atoms with Crippen LogP contribution in [0.15, 0.2) is 170 Å². The summed E-state index contributed by atoms with van der Waals surface area (Å²) in [6.07, 6.45) is 0. The van der Waals surface area contributed by atoms with Gasteiger partial charge >= 0.3 is 0 Å². The molecule has 2 aromatic heterocycles. The third-order valence-corrected chi connectivity index (χ3v) is 11.9. The molecule has 0 unspecified atom stereocenters. The Labute approximate surface area is 307 Å². The molecule has 0 fully saturated rings. The van der Waals surface area contributed by atoms with E-state index >= 15 is 0 Å². The van der Waals surface area contributed by atoms with Crippen LogP contribution in [-0.4, -0.2) is 9.97 Å². The second-order valence-corrected chi connectivity index (χ2v) is 15.2. The molecule has 1 aliphatic rings. The molecular formula is C49H34N2S. The largest absolute Gasteiger partial charge is 0.228 e. The molecule has 0 saturated heterocycles. The summed E-state index contributed by atoms with van der Waals surface area (Å²) in [7, 11) is 0. The van der Waals surface area contributed by atoms with Crippen molar-refractivity contribution in [1.29, 1.82) is 0 Å². The van der Waals surface area contributed by atoms with Gasteiger partial charge in [0.15, 0.2) is 5.82 Å². The number of hydrogen-bond donors (Lipinski definition) is 0. The number of rotatable bonds is 5. The summed E-state index contributed by atoms with van der Waals surface area (Å²) in [4.78, 5) is 10.5. The number of fused-ring (bicyclic) bond motifs is 6. The Kier molecular flexibility index (Phi) is 7.06. The fourth-order valence-electron chi connectivity index (χ4n) is 8.06. The molecule has 0 radical (unpaired) electrons. The Balaban J connectivity index is 1.15. The van der Waals surface area contributed by atoms with E-state index in [9.17, 15) is 0 Å². The van der Waals surface area contributed by atoms with Crippen LogP contribution in [-0.2, 0) is 5.41 Å². The molecule has 246 valence electrons. The molecule has 0 spiro atoms. The highest BCUT2D eigenvalue weighted by molar-refractivity contribution is 7.26. The van der Waals surface area contributed by atoms with E-state index in [0.29, 0.717) is 0 Å². The molecule has 7 aromatic carbocycles. The lowest BCUT2D eigenvalue weighted by molar-refractivity contribution is 0.660. The Morgan fingerprint density at radius 1 is 0.423 bits per heavy atom. The first-order valence-electron chi connectivity index (χ1n) is 17.8. The van der Waals surface area contributed by atoms with Gasteiger partial charge in [0.25, 0.3) is 0 Å². The van der Waals surface area contributed by atoms with Gasteiger partial charge in [-0.25, -0.2) is 9.97 Å². The molecule has 3 heteroatoms. The van der Waals surface area contributed by atoms with Crippen LogP contribution in [0.25, 0.3) is 87.5 Å². The minimum absolute atomic E-state index is 0.0412. The van der Waals surface area contributed by atoms with Crippen molar-refractivity contribution in [3.63, 3.8) is 0 Å². The molecule has 0 N–H and O–H groups in total. The molecule has 0 bridgehead atoms. The molecule has 0 aliphatic heterocycles. The highest BCUT2D eigenvalue weighted by Gasteiger charge is 2.35. The lowest BCUT2D eigenvalue weighted by Gasteiger charge is -2.22. The average Bonchev–Trinajstić information content (AvgIpc) is 3.70. The lowest BCUT2D eigenvalue weighted by atomic mass is 9.81. The fraction of sp³-hybridized carbons (Fsp3) is 0.0612. The SMILES string of the molecule is CC1(C)c2ccccc2-c2ccc(-c3ccc(-c4c(-c5nc(-c6ccccc6)cc(-c6ccccc6)n5)ccc5c4sc4ccccc45)cc3)cc21. The zero-order chi connectivity index (χ0) is 34.8. The van der Waals surface area contributed by atoms with Crippen molar-refractivity contribution in [1.82, 2.24) is 9.97 Å². The molecule has 10 rings (SSSR count). The Morgan fingerprint density at radius 3 is 1.73 bits per heavy atom. The van der Waals surface area contributed by atoms with Crippen molar-refractivity contribution < 1.29 is 0 Å². The summed E-state index contributed by atoms with van der Waals surface area (Å²) in [5.41, 5.74) is 15.2. The number of nitrogens with zero attached hydrogens (tertiary/aromatic N) is 2. The molecular weight excluding hydrogens is 649 g/mol. The Hall–Kier alpha value is -6.16. The fourth-order valence-corrected chi connectivity index (χ4v) is 9.33. The molecule has 0 saturated carbocycles. The smallest absolute Gasteiger partial charge is 0.161 e. The molecule has 0 amide bonds. The van der Waals surface area contributed by atoms with Gasteiger partial charge in [-0.1, -0.05) is 159 Å². The van der Waals surface area contributed by atoms with Crippen LogP contribution in [0.5, 0.6) is 0 Å². The maximum Gasteiger partial charge on any atom is 0.161 e. The van der Waals surface area contributed by atoms with Gasteiger partial charge in [-0.3, -0.25) is 0 Å². The van der Waals surface area contributed by atoms with Gasteiger partial charge in [-0.05, 0) is 63.2 Å². The topological polar surface area (TPSA) is 25.8 Å². The van der Waals surface area contributed by atoms with E-state index in [1.165, 1.54) is 59.1 Å². The summed E-state index contributed by atoms with van der Waals surface area (Å²) in [6, 6.07) is 61.1. The summed E-state index contributed by atoms with van der Waals surface area (Å²) in [6.45, 7) is 4.69. The Morgan fingerprint density at radius 2 is 1.00 bits per heavy atom. The van der Waals surface area contributed by atoms with Crippen LogP contribution < -0.4 is 0 Å². The molecule has 0 atom stereocenters. The predicted octanol–water partition coefficient (Wildman–Crippen LogP) is 13.5. The van der Waals surface area contributed by atoms with Gasteiger partial charge in [-0.15, -0.1) is 11.3 Å². The van der Waals surface area contributed by atoms with Crippen molar-refractivity contribution in [2.24, 2.45) is 0 Å². The summed E-state index contributed by atoms with van der Waals surface area (Å²) in [5.74, 6) is 0.721. The number of benzene rings is 7. The first-order valence-corrected chi connectivity index (χ1v) is 18.6. The lowest BCUT2D eigenvalue weighted by Crippen LogP contribution is -2.14. The van der Waals surface area contributed by atoms with E-state index < -0.39 is 0 Å². The van der Waals surface area contributed by atoms with E-state index in [2.05, 4.69) is 172 Å². The van der Waals surface area contributed by atoms with Crippen LogP contribution >= 0.6 is 11.3 Å². The van der Waals surface area contributed by atoms with Gasteiger partial charge < -0.3 is 0 Å². The molecule has 1 aliphatic carbocycles. The second kappa shape index (κ2) is 12.0. The van der Waals surface area contributed by atoms with Crippen LogP contribution in [0.4, 0.5) is 0 Å². The van der Waals surface area contributed by atoms with Crippen molar-refractivity contribution >= 4 is 31.5 Å². The molecule has 52 heavy (non-hydrogen) atoms. The van der Waals surface area contributed by atoms with E-state index in [1.54, 1.807) is 0 Å². The minimum Gasteiger partial charge on any atom is -0.228 e. The first kappa shape index (κ1) is 30.6. The predicted molar refractivity (Wildman–Crippen MR) is 220 cm³/mol. The van der Waals surface area contributed by atoms with E-state index in [1.807, 2.05) is 23.5 Å². The minimum atomic E-state index is -0.0412. The number of thiophene rings is 1. The zero-order valence-corrected chi connectivity index (χ0v) is 29.8. The van der Waals surface area contributed by atoms with Crippen molar-refractivity contribution in [3.05, 3.63) is 181 Å². The van der Waals surface area contributed by atoms with Crippen molar-refractivity contribution in [2.75, 3.05) is 0 Å². The van der Waals surface area contributed by atoms with Crippen LogP contribution in [0.1, 0.15) is 25.0 Å². The maximum absolute atomic E-state index is 5.27. The van der Waals surface area contributed by atoms with E-state index in [0.717, 1.165) is 39.5 Å². The second-order valence-electron chi connectivity index (χ2n) is 14.2. The van der Waals surface area contributed by atoms with Gasteiger partial charge in [0.1, 0.15) is 0 Å². The average molecular weight is 683 g/mol. The van der Waals surface area contributed by atoms with Crippen molar-refractivity contribution in [2.45, 2.75) is 19.3 Å². The monoisotopic (exact) mass is 682 g/mol. The van der Waals surface area contributed by atoms with Gasteiger partial charge in [0, 0.05) is 47.8 Å². The first-order chi connectivity index (χ1) is 25.5. The third kappa shape index (κ3) is 4.92. The van der Waals surface area contributed by atoms with E-state index in [-0.39, 0.29) is 5.41 Å². The molecule has 2 heterocycles. The quantitative estimate of drug-likeness (QED) is 0.181. The third-order valence-electron chi connectivity index (χ3n) is 10.7. The standard InChI is InChI=1S/C49H34N2S/c1-49(2)41-19-11-9-17-36(41)37-26-25-35(29-42(37)49)31-21-23-34(24-22-31)46-40(28-27-39-38-18-10-12-20-45(38)52-47(39)46)48-50-43(32-13-5-3-6-14-32)30-44(51-48)33-15-7-4-8-16-33/h3-30H,1-2H3. The highest BCUT2D eigenvalue weighted by Crippen LogP contribution is 2.50. The number of hydrogen-bond acceptors (Lipinski definition) is 3. The summed E-state index contributed by atoms with van der Waals surface area (Å²) in [5, 5.41) is 2.53. The van der Waals surface area contributed by atoms with Gasteiger partial charge in [0.2, 0.25) is 0 Å². The van der Waals surface area contributed by atoms with Gasteiger partial charge in [0.05, 0.1) is 11.4 Å². The molecule has 9 aromatic rings. The van der Waals surface area contributed by atoms with Crippen molar-refractivity contribution in [3.8, 4) is 67.3 Å². The molecule has 2 nitrogen and oxygen atoms in total. The highest BCUT2D eigenvalue weighted by atomic mass is 32.1. The van der Waals surface area contributed by atoms with Gasteiger partial charge in [-0.2, -0.15) is 0 Å².